The number of benzene rings is 4. The van der Waals surface area contributed by atoms with Gasteiger partial charge in [-0.1, -0.05) is 48.6 Å². The number of para-hydroxylation sites is 2. The Labute approximate surface area is 254 Å². The number of nitrogens with zero attached hydrogens (tertiary/aromatic N) is 1. The molecule has 8 heteroatoms. The van der Waals surface area contributed by atoms with E-state index in [-0.39, 0.29) is 17.5 Å². The molecule has 3 heterocycles. The Balaban J connectivity index is 1.51. The second kappa shape index (κ2) is 10.4. The van der Waals surface area contributed by atoms with Crippen molar-refractivity contribution in [2.75, 3.05) is 31.5 Å². The second-order valence-corrected chi connectivity index (χ2v) is 11.1. The van der Waals surface area contributed by atoms with Crippen LogP contribution in [-0.2, 0) is 10.2 Å². The molecule has 1 spiro atoms. The molecule has 44 heavy (non-hydrogen) atoms. The number of fused-ring (bicyclic) bond motifs is 5. The molecule has 4 aromatic carbocycles. The molecule has 0 bridgehead atoms. The SMILES string of the molecule is COc1ccc(C(=O)C2C3C=Cc4ccccc4N3C(C(=O)c3ccc(OC)c(OC)c3)C23C(=O)Nc2ccccc23)cc1. The summed E-state index contributed by atoms with van der Waals surface area (Å²) in [5.74, 6) is -0.378. The molecule has 4 atom stereocenters. The number of hydrogen-bond donors (Lipinski definition) is 1. The molecule has 0 radical (unpaired) electrons. The molecule has 1 amide bonds. The quantitative estimate of drug-likeness (QED) is 0.283. The van der Waals surface area contributed by atoms with Crippen LogP contribution in [0.25, 0.3) is 6.08 Å². The van der Waals surface area contributed by atoms with Gasteiger partial charge in [-0.15, -0.1) is 0 Å². The minimum atomic E-state index is -1.55. The molecule has 0 saturated carbocycles. The normalized spacial score (nSPS) is 22.6. The van der Waals surface area contributed by atoms with Crippen molar-refractivity contribution in [2.24, 2.45) is 5.92 Å². The van der Waals surface area contributed by atoms with E-state index in [2.05, 4.69) is 5.32 Å². The zero-order valence-electron chi connectivity index (χ0n) is 24.4. The zero-order valence-corrected chi connectivity index (χ0v) is 24.4. The maximum Gasteiger partial charge on any atom is 0.238 e. The van der Waals surface area contributed by atoms with E-state index in [1.807, 2.05) is 65.6 Å². The number of nitrogens with one attached hydrogen (secondary N) is 1. The minimum absolute atomic E-state index is 0.235. The van der Waals surface area contributed by atoms with Gasteiger partial charge in [0.1, 0.15) is 17.2 Å². The lowest BCUT2D eigenvalue weighted by molar-refractivity contribution is -0.121. The Hall–Kier alpha value is -5.37. The van der Waals surface area contributed by atoms with Gasteiger partial charge in [0.25, 0.3) is 0 Å². The topological polar surface area (TPSA) is 94.2 Å². The van der Waals surface area contributed by atoms with E-state index in [0.29, 0.717) is 39.6 Å². The fraction of sp³-hybridized carbons (Fsp3) is 0.194. The monoisotopic (exact) mass is 586 g/mol. The summed E-state index contributed by atoms with van der Waals surface area (Å²) in [4.78, 5) is 46.4. The third kappa shape index (κ3) is 3.80. The summed E-state index contributed by atoms with van der Waals surface area (Å²) < 4.78 is 16.3. The average molecular weight is 587 g/mol. The predicted octanol–water partition coefficient (Wildman–Crippen LogP) is 5.57. The third-order valence-corrected chi connectivity index (χ3v) is 9.12. The molecular weight excluding hydrogens is 556 g/mol. The fourth-order valence-corrected chi connectivity index (χ4v) is 7.22. The predicted molar refractivity (Wildman–Crippen MR) is 167 cm³/mol. The van der Waals surface area contributed by atoms with E-state index in [4.69, 9.17) is 14.2 Å². The van der Waals surface area contributed by atoms with E-state index >= 15 is 4.79 Å². The summed E-state index contributed by atoms with van der Waals surface area (Å²) in [6, 6.07) is 25.3. The number of hydrogen-bond acceptors (Lipinski definition) is 7. The van der Waals surface area contributed by atoms with Crippen molar-refractivity contribution in [3.63, 3.8) is 0 Å². The van der Waals surface area contributed by atoms with Gasteiger partial charge in [0.15, 0.2) is 23.1 Å². The van der Waals surface area contributed by atoms with Crippen LogP contribution in [0.3, 0.4) is 0 Å². The lowest BCUT2D eigenvalue weighted by Gasteiger charge is -2.37. The van der Waals surface area contributed by atoms with Crippen LogP contribution in [0.1, 0.15) is 31.8 Å². The van der Waals surface area contributed by atoms with Gasteiger partial charge in [-0.2, -0.15) is 0 Å². The van der Waals surface area contributed by atoms with Gasteiger partial charge in [-0.3, -0.25) is 14.4 Å². The molecule has 1 saturated heterocycles. The molecule has 0 aromatic heterocycles. The Morgan fingerprint density at radius 2 is 1.48 bits per heavy atom. The standard InChI is InChI=1S/C36H30N2O6/c1-42-24-16-12-22(13-17-24)32(39)31-28-18-14-21-8-4-7-11-27(21)38(28)34(33(40)23-15-19-29(43-2)30(20-23)44-3)36(31)25-9-5-6-10-26(25)37-35(36)41/h4-20,28,31,34H,1-3H3,(H,37,41). The average Bonchev–Trinajstić information content (AvgIpc) is 3.55. The van der Waals surface area contributed by atoms with Crippen molar-refractivity contribution in [1.82, 2.24) is 0 Å². The van der Waals surface area contributed by atoms with E-state index in [0.717, 1.165) is 11.3 Å². The summed E-state index contributed by atoms with van der Waals surface area (Å²) in [5.41, 5.74) is 2.10. The number of ketones is 2. The maximum atomic E-state index is 15.0. The molecular formula is C36H30N2O6. The Bertz CT molecular complexity index is 1850. The molecule has 8 nitrogen and oxygen atoms in total. The van der Waals surface area contributed by atoms with E-state index in [9.17, 15) is 9.59 Å². The van der Waals surface area contributed by atoms with Gasteiger partial charge < -0.3 is 24.4 Å². The molecule has 220 valence electrons. The molecule has 1 N–H and O–H groups in total. The van der Waals surface area contributed by atoms with Crippen molar-refractivity contribution < 1.29 is 28.6 Å². The van der Waals surface area contributed by atoms with Crippen molar-refractivity contribution in [2.45, 2.75) is 17.5 Å². The third-order valence-electron chi connectivity index (χ3n) is 9.12. The molecule has 4 aromatic rings. The number of ether oxygens (including phenoxy) is 3. The maximum absolute atomic E-state index is 15.0. The first-order valence-electron chi connectivity index (χ1n) is 14.3. The van der Waals surface area contributed by atoms with Gasteiger partial charge in [0, 0.05) is 22.5 Å². The number of Topliss-reactive ketones (excluding diaryl/α,β-unsaturated/α-hetero) is 2. The van der Waals surface area contributed by atoms with Gasteiger partial charge in [0.05, 0.1) is 33.3 Å². The number of amides is 1. The summed E-state index contributed by atoms with van der Waals surface area (Å²) in [7, 11) is 4.60. The number of methoxy groups -OCH3 is 3. The molecule has 3 aliphatic rings. The number of anilines is 2. The van der Waals surface area contributed by atoms with Crippen LogP contribution in [0.15, 0.2) is 97.1 Å². The van der Waals surface area contributed by atoms with Crippen molar-refractivity contribution >= 4 is 34.9 Å². The second-order valence-electron chi connectivity index (χ2n) is 11.1. The van der Waals surface area contributed by atoms with Gasteiger partial charge in [-0.25, -0.2) is 0 Å². The van der Waals surface area contributed by atoms with Crippen molar-refractivity contribution in [3.05, 3.63) is 119 Å². The first-order valence-corrected chi connectivity index (χ1v) is 14.3. The number of carbonyl (C=O) groups excluding carboxylic acids is 3. The summed E-state index contributed by atoms with van der Waals surface area (Å²) >= 11 is 0. The molecule has 3 aliphatic heterocycles. The molecule has 1 fully saturated rings. The van der Waals surface area contributed by atoms with Crippen LogP contribution in [-0.4, -0.2) is 50.9 Å². The van der Waals surface area contributed by atoms with Crippen LogP contribution in [0.4, 0.5) is 11.4 Å². The smallest absolute Gasteiger partial charge is 0.238 e. The molecule has 4 unspecified atom stereocenters. The molecule has 0 aliphatic carbocycles. The number of rotatable bonds is 7. The van der Waals surface area contributed by atoms with Gasteiger partial charge in [0.2, 0.25) is 5.91 Å². The summed E-state index contributed by atoms with van der Waals surface area (Å²) in [6.07, 6.45) is 3.92. The fourth-order valence-electron chi connectivity index (χ4n) is 7.22. The highest BCUT2D eigenvalue weighted by molar-refractivity contribution is 6.20. The highest BCUT2D eigenvalue weighted by atomic mass is 16.5. The number of carbonyl (C=O) groups is 3. The van der Waals surface area contributed by atoms with Crippen LogP contribution in [0.2, 0.25) is 0 Å². The van der Waals surface area contributed by atoms with Crippen LogP contribution < -0.4 is 24.4 Å². The van der Waals surface area contributed by atoms with Gasteiger partial charge >= 0.3 is 0 Å². The van der Waals surface area contributed by atoms with E-state index in [1.165, 1.54) is 14.2 Å². The Morgan fingerprint density at radius 1 is 0.773 bits per heavy atom. The lowest BCUT2D eigenvalue weighted by atomic mass is 9.63. The summed E-state index contributed by atoms with van der Waals surface area (Å²) in [6.45, 7) is 0. The van der Waals surface area contributed by atoms with Crippen molar-refractivity contribution in [1.29, 1.82) is 0 Å². The van der Waals surface area contributed by atoms with E-state index in [1.54, 1.807) is 49.6 Å². The minimum Gasteiger partial charge on any atom is -0.497 e. The van der Waals surface area contributed by atoms with Gasteiger partial charge in [-0.05, 0) is 65.7 Å². The highest BCUT2D eigenvalue weighted by Gasteiger charge is 2.71. The highest BCUT2D eigenvalue weighted by Crippen LogP contribution is 2.58. The molecule has 7 rings (SSSR count). The Morgan fingerprint density at radius 3 is 2.23 bits per heavy atom. The van der Waals surface area contributed by atoms with Crippen LogP contribution in [0.5, 0.6) is 17.2 Å². The first-order chi connectivity index (χ1) is 21.4. The summed E-state index contributed by atoms with van der Waals surface area (Å²) in [5, 5.41) is 3.04. The lowest BCUT2D eigenvalue weighted by Crippen LogP contribution is -2.55. The van der Waals surface area contributed by atoms with E-state index < -0.39 is 23.4 Å². The Kier molecular flexibility index (Phi) is 6.50. The largest absolute Gasteiger partial charge is 0.497 e. The zero-order chi connectivity index (χ0) is 30.6. The van der Waals surface area contributed by atoms with Crippen LogP contribution >= 0.6 is 0 Å². The first kappa shape index (κ1) is 27.5. The van der Waals surface area contributed by atoms with Crippen LogP contribution in [0, 0.1) is 5.92 Å². The van der Waals surface area contributed by atoms with Crippen molar-refractivity contribution in [3.8, 4) is 17.2 Å².